The number of aromatic nitrogens is 2. The van der Waals surface area contributed by atoms with Crippen LogP contribution in [0.15, 0.2) is 101 Å². The summed E-state index contributed by atoms with van der Waals surface area (Å²) in [5, 5.41) is 14.4. The average molecular weight is 605 g/mol. The van der Waals surface area contributed by atoms with Crippen molar-refractivity contribution in [3.8, 4) is 11.4 Å². The Balaban J connectivity index is 1.47. The van der Waals surface area contributed by atoms with Crippen LogP contribution in [-0.2, 0) is 4.79 Å². The smallest absolute Gasteiger partial charge is 0.339 e. The highest BCUT2D eigenvalue weighted by Crippen LogP contribution is 2.27. The molecular formula is C34H36N8O3. The van der Waals surface area contributed by atoms with Crippen LogP contribution in [-0.4, -0.2) is 72.1 Å². The number of carbonyl (C=O) groups excluding carboxylic acids is 2. The first-order valence-corrected chi connectivity index (χ1v) is 14.6. The Hall–Kier alpha value is -5.55. The molecule has 1 aliphatic carbocycles. The molecule has 0 radical (unpaired) electrons. The van der Waals surface area contributed by atoms with Gasteiger partial charge < -0.3 is 15.5 Å². The topological polar surface area (TPSA) is 128 Å². The predicted molar refractivity (Wildman–Crippen MR) is 180 cm³/mol. The largest absolute Gasteiger partial charge is 0.372 e. The van der Waals surface area contributed by atoms with Gasteiger partial charge in [-0.3, -0.25) is 24.5 Å². The number of benzene rings is 3. The number of carbonyl (C=O) groups is 2. The summed E-state index contributed by atoms with van der Waals surface area (Å²) in [7, 11) is 5.39. The molecule has 1 aromatic heterocycles. The summed E-state index contributed by atoms with van der Waals surface area (Å²) in [5.41, 5.74) is 2.35. The van der Waals surface area contributed by atoms with Gasteiger partial charge in [0, 0.05) is 49.7 Å². The molecule has 0 bridgehead atoms. The normalized spacial score (nSPS) is 12.7. The van der Waals surface area contributed by atoms with Gasteiger partial charge >= 0.3 is 5.69 Å². The van der Waals surface area contributed by atoms with Crippen molar-refractivity contribution >= 4 is 41.6 Å². The summed E-state index contributed by atoms with van der Waals surface area (Å²) in [6, 6.07) is 23.3. The fraction of sp³-hybridized carbons (Fsp3) is 0.206. The Morgan fingerprint density at radius 1 is 1.00 bits per heavy atom. The maximum Gasteiger partial charge on any atom is 0.339 e. The summed E-state index contributed by atoms with van der Waals surface area (Å²) in [4.78, 5) is 47.2. The molecule has 0 aliphatic heterocycles. The molecule has 0 unspecified atom stereocenters. The maximum atomic E-state index is 14.1. The second kappa shape index (κ2) is 13.4. The van der Waals surface area contributed by atoms with E-state index >= 15 is 0 Å². The van der Waals surface area contributed by atoms with Gasteiger partial charge in [-0.15, -0.1) is 0 Å². The number of rotatable bonds is 11. The lowest BCUT2D eigenvalue weighted by atomic mass is 10.2. The van der Waals surface area contributed by atoms with Crippen LogP contribution >= 0.6 is 0 Å². The number of hydrogen-bond donors (Lipinski definition) is 3. The number of amidine groups is 1. The van der Waals surface area contributed by atoms with Crippen LogP contribution in [0.1, 0.15) is 28.9 Å². The van der Waals surface area contributed by atoms with Crippen LogP contribution in [0.5, 0.6) is 0 Å². The molecule has 1 heterocycles. The number of nitrogens with one attached hydrogen (secondary N) is 3. The molecule has 0 spiro atoms. The zero-order valence-corrected chi connectivity index (χ0v) is 25.5. The predicted octanol–water partition coefficient (Wildman–Crippen LogP) is 4.56. The van der Waals surface area contributed by atoms with Gasteiger partial charge in [-0.25, -0.2) is 14.4 Å². The molecule has 45 heavy (non-hydrogen) atoms. The minimum Gasteiger partial charge on any atom is -0.372 e. The van der Waals surface area contributed by atoms with E-state index in [9.17, 15) is 14.4 Å². The second-order valence-corrected chi connectivity index (χ2v) is 10.8. The van der Waals surface area contributed by atoms with Crippen LogP contribution in [0.25, 0.3) is 11.4 Å². The van der Waals surface area contributed by atoms with E-state index in [0.717, 1.165) is 0 Å². The van der Waals surface area contributed by atoms with E-state index in [4.69, 9.17) is 5.41 Å². The van der Waals surface area contributed by atoms with Crippen molar-refractivity contribution in [3.63, 3.8) is 0 Å². The molecule has 11 heteroatoms. The van der Waals surface area contributed by atoms with Crippen LogP contribution in [0, 0.1) is 5.41 Å². The number of likely N-dealkylation sites (N-methyl/N-ethyl adjacent to an activating group) is 2. The number of imidazole rings is 1. The second-order valence-electron chi connectivity index (χ2n) is 10.8. The lowest BCUT2D eigenvalue weighted by molar-refractivity contribution is -0.113. The zero-order valence-electron chi connectivity index (χ0n) is 25.5. The summed E-state index contributed by atoms with van der Waals surface area (Å²) in [5.74, 6) is -0.325. The van der Waals surface area contributed by atoms with Gasteiger partial charge in [-0.2, -0.15) is 0 Å². The number of nitrogens with zero attached hydrogens (tertiary/aromatic N) is 5. The average Bonchev–Trinajstić information content (AvgIpc) is 3.88. The minimum absolute atomic E-state index is 0.187. The van der Waals surface area contributed by atoms with Crippen molar-refractivity contribution in [1.29, 1.82) is 5.41 Å². The Morgan fingerprint density at radius 3 is 2.36 bits per heavy atom. The molecule has 3 aromatic carbocycles. The molecule has 1 fully saturated rings. The van der Waals surface area contributed by atoms with Crippen molar-refractivity contribution in [3.05, 3.63) is 113 Å². The molecule has 3 N–H and O–H groups in total. The molecule has 1 aliphatic rings. The Morgan fingerprint density at radius 2 is 1.71 bits per heavy atom. The molecule has 1 saturated carbocycles. The van der Waals surface area contributed by atoms with E-state index in [1.165, 1.54) is 26.9 Å². The SMILES string of the molecule is C=NC(=N)c1c(NC)n(-c2cccc(N(C)C(=O)/C=C/CN(C)C3CC3)c2)c(=O)n1-c1ccc(NC(=O)c2ccccc2)cc1. The van der Waals surface area contributed by atoms with Gasteiger partial charge in [0.05, 0.1) is 11.4 Å². The molecular weight excluding hydrogens is 568 g/mol. The zero-order chi connectivity index (χ0) is 32.1. The van der Waals surface area contributed by atoms with Crippen molar-refractivity contribution in [2.75, 3.05) is 43.2 Å². The van der Waals surface area contributed by atoms with E-state index in [1.54, 1.807) is 93.0 Å². The third-order valence-corrected chi connectivity index (χ3v) is 7.72. The first-order valence-electron chi connectivity index (χ1n) is 14.6. The lowest BCUT2D eigenvalue weighted by Gasteiger charge is -2.17. The van der Waals surface area contributed by atoms with Gasteiger partial charge in [-0.1, -0.05) is 30.3 Å². The van der Waals surface area contributed by atoms with Crippen LogP contribution in [0.4, 0.5) is 17.2 Å². The van der Waals surface area contributed by atoms with Crippen LogP contribution < -0.4 is 21.2 Å². The summed E-state index contributed by atoms with van der Waals surface area (Å²) in [6.45, 7) is 4.21. The quantitative estimate of drug-likeness (QED) is 0.131. The summed E-state index contributed by atoms with van der Waals surface area (Å²) >= 11 is 0. The molecule has 11 nitrogen and oxygen atoms in total. The van der Waals surface area contributed by atoms with Crippen molar-refractivity contribution < 1.29 is 9.59 Å². The molecule has 4 aromatic rings. The van der Waals surface area contributed by atoms with Gasteiger partial charge in [-0.05, 0) is 81.2 Å². The monoisotopic (exact) mass is 604 g/mol. The highest BCUT2D eigenvalue weighted by Gasteiger charge is 2.26. The fourth-order valence-electron chi connectivity index (χ4n) is 5.06. The fourth-order valence-corrected chi connectivity index (χ4v) is 5.06. The summed E-state index contributed by atoms with van der Waals surface area (Å²) in [6.07, 6.45) is 5.82. The van der Waals surface area contributed by atoms with Crippen LogP contribution in [0.2, 0.25) is 0 Å². The molecule has 0 atom stereocenters. The molecule has 2 amide bonds. The Kier molecular flexibility index (Phi) is 9.20. The Bertz CT molecular complexity index is 1820. The highest BCUT2D eigenvalue weighted by molar-refractivity contribution is 6.05. The number of amides is 2. The highest BCUT2D eigenvalue weighted by atomic mass is 16.2. The van der Waals surface area contributed by atoms with E-state index in [0.29, 0.717) is 46.7 Å². The third-order valence-electron chi connectivity index (χ3n) is 7.72. The van der Waals surface area contributed by atoms with Crippen LogP contribution in [0.3, 0.4) is 0 Å². The van der Waals surface area contributed by atoms with E-state index in [2.05, 4.69) is 34.3 Å². The third kappa shape index (κ3) is 6.68. The molecule has 0 saturated heterocycles. The van der Waals surface area contributed by atoms with Crippen molar-refractivity contribution in [2.45, 2.75) is 18.9 Å². The van der Waals surface area contributed by atoms with E-state index in [-0.39, 0.29) is 23.3 Å². The lowest BCUT2D eigenvalue weighted by Crippen LogP contribution is -2.26. The van der Waals surface area contributed by atoms with Crippen molar-refractivity contribution in [2.24, 2.45) is 4.99 Å². The molecule has 230 valence electrons. The molecule has 5 rings (SSSR count). The Labute approximate surface area is 261 Å². The maximum absolute atomic E-state index is 14.1. The summed E-state index contributed by atoms with van der Waals surface area (Å²) < 4.78 is 2.80. The minimum atomic E-state index is -0.460. The van der Waals surface area contributed by atoms with Gasteiger partial charge in [0.15, 0.2) is 5.84 Å². The number of anilines is 3. The van der Waals surface area contributed by atoms with E-state index in [1.807, 2.05) is 12.1 Å². The number of hydrogen-bond acceptors (Lipinski definition) is 6. The van der Waals surface area contributed by atoms with E-state index < -0.39 is 5.69 Å². The first kappa shape index (κ1) is 30.9. The first-order chi connectivity index (χ1) is 21.7. The number of aliphatic imine (C=N–C) groups is 1. The van der Waals surface area contributed by atoms with Crippen molar-refractivity contribution in [1.82, 2.24) is 14.0 Å². The standard InChI is InChI=1S/C34H36N8O3/c1-36-31(35)30-32(37-2)42(28-13-8-12-27(22-28)40(4)29(43)14-9-21-39(3)25-19-20-25)34(45)41(30)26-17-15-24(16-18-26)38-33(44)23-10-6-5-7-11-23/h5-18,22,25,35,37H,1,19-21H2,2-4H3,(H,38,44)/b14-9+,35-31?. The van der Waals surface area contributed by atoms with Gasteiger partial charge in [0.25, 0.3) is 5.91 Å². The van der Waals surface area contributed by atoms with Gasteiger partial charge in [0.1, 0.15) is 11.5 Å². The van der Waals surface area contributed by atoms with Gasteiger partial charge in [0.2, 0.25) is 5.91 Å².